The van der Waals surface area contributed by atoms with Crippen molar-refractivity contribution in [3.05, 3.63) is 34.6 Å². The molecular formula is C15H19BrClFO. The molecule has 1 aliphatic rings. The summed E-state index contributed by atoms with van der Waals surface area (Å²) in [7, 11) is 0. The highest BCUT2D eigenvalue weighted by Crippen LogP contribution is 2.26. The number of rotatable bonds is 5. The van der Waals surface area contributed by atoms with Crippen molar-refractivity contribution in [1.82, 2.24) is 0 Å². The van der Waals surface area contributed by atoms with Gasteiger partial charge in [0, 0.05) is 22.0 Å². The Hall–Kier alpha value is -0.120. The second-order valence-electron chi connectivity index (χ2n) is 5.07. The Bertz CT molecular complexity index is 387. The van der Waals surface area contributed by atoms with Crippen LogP contribution in [0.4, 0.5) is 4.39 Å². The fourth-order valence-corrected chi connectivity index (χ4v) is 3.28. The summed E-state index contributed by atoms with van der Waals surface area (Å²) in [6, 6.07) is 4.84. The molecule has 0 N–H and O–H groups in total. The summed E-state index contributed by atoms with van der Waals surface area (Å²) in [5, 5.41) is 0.512. The molecule has 1 saturated heterocycles. The normalized spacial score (nSPS) is 21.3. The van der Waals surface area contributed by atoms with E-state index in [0.29, 0.717) is 23.1 Å². The monoisotopic (exact) mass is 348 g/mol. The Labute approximate surface area is 127 Å². The highest BCUT2D eigenvalue weighted by atomic mass is 79.9. The molecule has 2 atom stereocenters. The van der Waals surface area contributed by atoms with Crippen LogP contribution in [0.5, 0.6) is 0 Å². The van der Waals surface area contributed by atoms with Crippen molar-refractivity contribution < 1.29 is 9.13 Å². The van der Waals surface area contributed by atoms with E-state index in [2.05, 4.69) is 15.9 Å². The summed E-state index contributed by atoms with van der Waals surface area (Å²) in [4.78, 5) is 0.243. The fourth-order valence-electron chi connectivity index (χ4n) is 2.45. The zero-order valence-electron chi connectivity index (χ0n) is 10.9. The predicted molar refractivity (Wildman–Crippen MR) is 80.7 cm³/mol. The minimum Gasteiger partial charge on any atom is -0.378 e. The zero-order valence-corrected chi connectivity index (χ0v) is 13.2. The van der Waals surface area contributed by atoms with Crippen LogP contribution >= 0.6 is 27.5 Å². The molecule has 1 aromatic rings. The van der Waals surface area contributed by atoms with Gasteiger partial charge in [0.1, 0.15) is 5.82 Å². The molecule has 0 bridgehead atoms. The maximum Gasteiger partial charge on any atom is 0.127 e. The standard InChI is InChI=1S/C15H19BrClFO/c16-11(7-8-12-4-1-2-9-19-12)10-13-14(17)5-3-6-15(13)18/h3,5-6,11-12H,1-2,4,7-10H2. The maximum atomic E-state index is 13.7. The molecule has 2 unspecified atom stereocenters. The van der Waals surface area contributed by atoms with E-state index in [9.17, 15) is 4.39 Å². The topological polar surface area (TPSA) is 9.23 Å². The lowest BCUT2D eigenvalue weighted by Crippen LogP contribution is -2.20. The van der Waals surface area contributed by atoms with Crippen molar-refractivity contribution >= 4 is 27.5 Å². The predicted octanol–water partition coefficient (Wildman–Crippen LogP) is 5.13. The molecule has 1 aliphatic heterocycles. The van der Waals surface area contributed by atoms with E-state index < -0.39 is 0 Å². The van der Waals surface area contributed by atoms with Gasteiger partial charge in [-0.05, 0) is 50.7 Å². The molecule has 106 valence electrons. The molecule has 0 amide bonds. The minimum absolute atomic E-state index is 0.217. The Morgan fingerprint density at radius 2 is 2.26 bits per heavy atom. The van der Waals surface area contributed by atoms with E-state index >= 15 is 0 Å². The van der Waals surface area contributed by atoms with E-state index in [1.165, 1.54) is 18.9 Å². The molecule has 0 saturated carbocycles. The lowest BCUT2D eigenvalue weighted by atomic mass is 10.0. The third-order valence-electron chi connectivity index (χ3n) is 3.56. The first-order valence-electron chi connectivity index (χ1n) is 6.85. The Morgan fingerprint density at radius 3 is 2.95 bits per heavy atom. The van der Waals surface area contributed by atoms with Crippen molar-refractivity contribution in [3.8, 4) is 0 Å². The lowest BCUT2D eigenvalue weighted by Gasteiger charge is -2.23. The summed E-state index contributed by atoms with van der Waals surface area (Å²) in [5.41, 5.74) is 0.607. The van der Waals surface area contributed by atoms with E-state index in [4.69, 9.17) is 16.3 Å². The number of benzene rings is 1. The quantitative estimate of drug-likeness (QED) is 0.669. The van der Waals surface area contributed by atoms with E-state index in [0.717, 1.165) is 25.9 Å². The SMILES string of the molecule is Fc1cccc(Cl)c1CC(Br)CCC1CCCCO1. The van der Waals surface area contributed by atoms with Crippen LogP contribution in [-0.2, 0) is 11.2 Å². The van der Waals surface area contributed by atoms with Gasteiger partial charge in [0.05, 0.1) is 6.10 Å². The van der Waals surface area contributed by atoms with Gasteiger partial charge in [-0.2, -0.15) is 0 Å². The summed E-state index contributed by atoms with van der Waals surface area (Å²) in [6.45, 7) is 0.886. The molecule has 19 heavy (non-hydrogen) atoms. The second-order valence-corrected chi connectivity index (χ2v) is 6.77. The van der Waals surface area contributed by atoms with Gasteiger partial charge >= 0.3 is 0 Å². The molecule has 2 rings (SSSR count). The van der Waals surface area contributed by atoms with Gasteiger partial charge in [0.25, 0.3) is 0 Å². The highest BCUT2D eigenvalue weighted by molar-refractivity contribution is 9.09. The molecule has 1 heterocycles. The van der Waals surface area contributed by atoms with Gasteiger partial charge in [0.2, 0.25) is 0 Å². The summed E-state index contributed by atoms with van der Waals surface area (Å²) < 4.78 is 19.4. The number of ether oxygens (including phenoxy) is 1. The number of halogens is 3. The van der Waals surface area contributed by atoms with E-state index in [1.807, 2.05) is 0 Å². The van der Waals surface area contributed by atoms with Gasteiger partial charge in [0.15, 0.2) is 0 Å². The fraction of sp³-hybridized carbons (Fsp3) is 0.600. The first-order chi connectivity index (χ1) is 9.16. The Morgan fingerprint density at radius 1 is 1.42 bits per heavy atom. The van der Waals surface area contributed by atoms with Crippen LogP contribution in [-0.4, -0.2) is 17.5 Å². The van der Waals surface area contributed by atoms with Crippen LogP contribution < -0.4 is 0 Å². The summed E-state index contributed by atoms with van der Waals surface area (Å²) >= 11 is 9.67. The average Bonchev–Trinajstić information content (AvgIpc) is 2.42. The summed E-state index contributed by atoms with van der Waals surface area (Å²) in [5.74, 6) is -0.217. The minimum atomic E-state index is -0.217. The first kappa shape index (κ1) is 15.3. The smallest absolute Gasteiger partial charge is 0.127 e. The van der Waals surface area contributed by atoms with Gasteiger partial charge in [-0.1, -0.05) is 33.6 Å². The van der Waals surface area contributed by atoms with Crippen molar-refractivity contribution in [2.75, 3.05) is 6.61 Å². The Balaban J connectivity index is 1.82. The molecular weight excluding hydrogens is 331 g/mol. The van der Waals surface area contributed by atoms with Crippen LogP contribution in [0.25, 0.3) is 0 Å². The van der Waals surface area contributed by atoms with Crippen molar-refractivity contribution in [3.63, 3.8) is 0 Å². The van der Waals surface area contributed by atoms with Crippen LogP contribution in [0.15, 0.2) is 18.2 Å². The molecule has 0 aromatic heterocycles. The second kappa shape index (κ2) is 7.61. The molecule has 1 nitrogen and oxygen atoms in total. The number of hydrogen-bond acceptors (Lipinski definition) is 1. The van der Waals surface area contributed by atoms with Crippen molar-refractivity contribution in [2.45, 2.75) is 49.5 Å². The van der Waals surface area contributed by atoms with Crippen LogP contribution in [0.3, 0.4) is 0 Å². The van der Waals surface area contributed by atoms with Crippen molar-refractivity contribution in [1.29, 1.82) is 0 Å². The van der Waals surface area contributed by atoms with Gasteiger partial charge < -0.3 is 4.74 Å². The lowest BCUT2D eigenvalue weighted by molar-refractivity contribution is 0.0102. The third-order valence-corrected chi connectivity index (χ3v) is 4.70. The first-order valence-corrected chi connectivity index (χ1v) is 8.14. The van der Waals surface area contributed by atoms with Gasteiger partial charge in [-0.3, -0.25) is 0 Å². The molecule has 1 aromatic carbocycles. The number of alkyl halides is 1. The maximum absolute atomic E-state index is 13.7. The van der Waals surface area contributed by atoms with Crippen molar-refractivity contribution in [2.24, 2.45) is 0 Å². The van der Waals surface area contributed by atoms with E-state index in [-0.39, 0.29) is 10.6 Å². The van der Waals surface area contributed by atoms with E-state index in [1.54, 1.807) is 12.1 Å². The summed E-state index contributed by atoms with van der Waals surface area (Å²) in [6.07, 6.45) is 6.61. The molecule has 0 spiro atoms. The van der Waals surface area contributed by atoms with Crippen LogP contribution in [0, 0.1) is 5.82 Å². The highest BCUT2D eigenvalue weighted by Gasteiger charge is 2.17. The zero-order chi connectivity index (χ0) is 13.7. The largest absolute Gasteiger partial charge is 0.378 e. The Kier molecular flexibility index (Phi) is 6.11. The van der Waals surface area contributed by atoms with Crippen LogP contribution in [0.2, 0.25) is 5.02 Å². The van der Waals surface area contributed by atoms with Gasteiger partial charge in [-0.25, -0.2) is 4.39 Å². The number of hydrogen-bond donors (Lipinski definition) is 0. The molecule has 4 heteroatoms. The molecule has 0 aliphatic carbocycles. The molecule has 0 radical (unpaired) electrons. The van der Waals surface area contributed by atoms with Gasteiger partial charge in [-0.15, -0.1) is 0 Å². The third kappa shape index (κ3) is 4.73. The van der Waals surface area contributed by atoms with Crippen LogP contribution in [0.1, 0.15) is 37.7 Å². The average molecular weight is 350 g/mol. The molecule has 1 fully saturated rings.